The van der Waals surface area contributed by atoms with E-state index in [9.17, 15) is 9.59 Å². The highest BCUT2D eigenvalue weighted by atomic mass is 16.5. The van der Waals surface area contributed by atoms with E-state index in [-0.39, 0.29) is 11.6 Å². The Balaban J connectivity index is 1.71. The normalized spacial score (nSPS) is 12.9. The molecule has 1 N–H and O–H groups in total. The molecule has 0 heterocycles. The van der Waals surface area contributed by atoms with E-state index < -0.39 is 0 Å². The lowest BCUT2D eigenvalue weighted by Crippen LogP contribution is -2.28. The lowest BCUT2D eigenvalue weighted by molar-refractivity contribution is 0.0976. The van der Waals surface area contributed by atoms with Crippen molar-refractivity contribution in [1.29, 1.82) is 0 Å². The minimum atomic E-state index is -0.240. The third kappa shape index (κ3) is 3.65. The van der Waals surface area contributed by atoms with Gasteiger partial charge < -0.3 is 19.5 Å². The summed E-state index contributed by atoms with van der Waals surface area (Å²) in [7, 11) is 4.65. The summed E-state index contributed by atoms with van der Waals surface area (Å²) in [4.78, 5) is 25.1. The lowest BCUT2D eigenvalue weighted by Gasteiger charge is -2.18. The number of carbonyl (C=O) groups is 2. The number of hydrogen-bond acceptors (Lipinski definition) is 6. The molecule has 0 aliphatic heterocycles. The molecule has 0 bridgehead atoms. The number of rotatable bonds is 7. The Morgan fingerprint density at radius 3 is 2.33 bits per heavy atom. The molecule has 6 heteroatoms. The van der Waals surface area contributed by atoms with Crippen LogP contribution in [0.5, 0.6) is 17.2 Å². The highest BCUT2D eigenvalue weighted by Crippen LogP contribution is 2.29. The van der Waals surface area contributed by atoms with Crippen molar-refractivity contribution in [3.05, 3.63) is 64.9 Å². The van der Waals surface area contributed by atoms with Gasteiger partial charge in [-0.05, 0) is 36.2 Å². The fourth-order valence-corrected chi connectivity index (χ4v) is 3.07. The average Bonchev–Trinajstić information content (AvgIpc) is 2.70. The summed E-state index contributed by atoms with van der Waals surface area (Å²) >= 11 is 0. The van der Waals surface area contributed by atoms with Crippen LogP contribution in [0.3, 0.4) is 0 Å². The highest BCUT2D eigenvalue weighted by Gasteiger charge is 2.28. The van der Waals surface area contributed by atoms with Crippen LogP contribution in [0.1, 0.15) is 26.3 Å². The van der Waals surface area contributed by atoms with Crippen molar-refractivity contribution in [2.75, 3.05) is 27.9 Å². The van der Waals surface area contributed by atoms with Crippen LogP contribution in [-0.2, 0) is 6.42 Å². The van der Waals surface area contributed by atoms with Gasteiger partial charge in [0.15, 0.2) is 17.3 Å². The average molecular weight is 367 g/mol. The SMILES string of the molecule is COc1ccc(CCNC2=CC(=O)c3c(OC)cccc3C2=O)cc1OC. The van der Waals surface area contributed by atoms with Crippen LogP contribution in [0.4, 0.5) is 0 Å². The summed E-state index contributed by atoms with van der Waals surface area (Å²) < 4.78 is 15.7. The highest BCUT2D eigenvalue weighted by molar-refractivity contribution is 6.25. The molecule has 1 aliphatic rings. The maximum Gasteiger partial charge on any atom is 0.209 e. The molecule has 2 aromatic rings. The number of ether oxygens (including phenoxy) is 3. The number of hydrogen-bond donors (Lipinski definition) is 1. The summed E-state index contributed by atoms with van der Waals surface area (Å²) in [6.45, 7) is 0.500. The van der Waals surface area contributed by atoms with Crippen LogP contribution in [-0.4, -0.2) is 39.4 Å². The monoisotopic (exact) mass is 367 g/mol. The van der Waals surface area contributed by atoms with Crippen molar-refractivity contribution >= 4 is 11.6 Å². The van der Waals surface area contributed by atoms with Gasteiger partial charge in [0.1, 0.15) is 5.75 Å². The van der Waals surface area contributed by atoms with E-state index >= 15 is 0 Å². The van der Waals surface area contributed by atoms with E-state index in [1.807, 2.05) is 18.2 Å². The molecule has 140 valence electrons. The number of Topliss-reactive ketones (excluding diaryl/α,β-unsaturated/α-hetero) is 1. The second-order valence-electron chi connectivity index (χ2n) is 6.00. The molecule has 0 radical (unpaired) electrons. The van der Waals surface area contributed by atoms with Gasteiger partial charge in [0.05, 0.1) is 32.6 Å². The van der Waals surface area contributed by atoms with Gasteiger partial charge in [-0.3, -0.25) is 9.59 Å². The largest absolute Gasteiger partial charge is 0.496 e. The molecule has 1 aliphatic carbocycles. The van der Waals surface area contributed by atoms with Gasteiger partial charge in [0, 0.05) is 18.2 Å². The number of benzene rings is 2. The predicted molar refractivity (Wildman–Crippen MR) is 101 cm³/mol. The fourth-order valence-electron chi connectivity index (χ4n) is 3.07. The van der Waals surface area contributed by atoms with E-state index in [4.69, 9.17) is 14.2 Å². The first-order chi connectivity index (χ1) is 13.1. The standard InChI is InChI=1S/C21H21NO5/c1-25-17-8-7-13(11-19(17)27-3)9-10-22-15-12-16(23)20-14(21(15)24)5-4-6-18(20)26-2/h4-8,11-12,22H,9-10H2,1-3H3. The smallest absolute Gasteiger partial charge is 0.209 e. The second-order valence-corrected chi connectivity index (χ2v) is 6.00. The lowest BCUT2D eigenvalue weighted by atomic mass is 9.91. The van der Waals surface area contributed by atoms with Crippen LogP contribution in [0.2, 0.25) is 0 Å². The summed E-state index contributed by atoms with van der Waals surface area (Å²) in [5, 5.41) is 3.07. The molecule has 0 saturated heterocycles. The molecule has 6 nitrogen and oxygen atoms in total. The Morgan fingerprint density at radius 2 is 1.63 bits per heavy atom. The van der Waals surface area contributed by atoms with Gasteiger partial charge in [-0.2, -0.15) is 0 Å². The second kappa shape index (κ2) is 7.95. The van der Waals surface area contributed by atoms with Crippen LogP contribution >= 0.6 is 0 Å². The fraction of sp³-hybridized carbons (Fsp3) is 0.238. The summed E-state index contributed by atoms with van der Waals surface area (Å²) in [5.41, 5.74) is 1.99. The van der Waals surface area contributed by atoms with E-state index in [1.54, 1.807) is 32.4 Å². The molecule has 27 heavy (non-hydrogen) atoms. The van der Waals surface area contributed by atoms with Gasteiger partial charge in [-0.15, -0.1) is 0 Å². The third-order valence-electron chi connectivity index (χ3n) is 4.43. The molecule has 0 spiro atoms. The molecule has 0 unspecified atom stereocenters. The van der Waals surface area contributed by atoms with Gasteiger partial charge in [-0.1, -0.05) is 12.1 Å². The molecule has 0 saturated carbocycles. The number of ketones is 2. The van der Waals surface area contributed by atoms with Crippen LogP contribution < -0.4 is 19.5 Å². The zero-order valence-electron chi connectivity index (χ0n) is 15.5. The predicted octanol–water partition coefficient (Wildman–Crippen LogP) is 2.81. The van der Waals surface area contributed by atoms with Crippen molar-refractivity contribution in [2.45, 2.75) is 6.42 Å². The molecule has 0 amide bonds. The van der Waals surface area contributed by atoms with Crippen LogP contribution in [0.15, 0.2) is 48.2 Å². The topological polar surface area (TPSA) is 73.9 Å². The number of methoxy groups -OCH3 is 3. The first kappa shape index (κ1) is 18.5. The van der Waals surface area contributed by atoms with Crippen LogP contribution in [0, 0.1) is 0 Å². The molecule has 0 fully saturated rings. The minimum absolute atomic E-state index is 0.212. The van der Waals surface area contributed by atoms with Crippen LogP contribution in [0.25, 0.3) is 0 Å². The van der Waals surface area contributed by atoms with Gasteiger partial charge >= 0.3 is 0 Å². The van der Waals surface area contributed by atoms with E-state index in [2.05, 4.69) is 5.32 Å². The number of nitrogens with one attached hydrogen (secondary N) is 1. The Morgan fingerprint density at radius 1 is 0.889 bits per heavy atom. The van der Waals surface area contributed by atoms with Crippen molar-refractivity contribution in [3.63, 3.8) is 0 Å². The Kier molecular flexibility index (Phi) is 5.45. The molecule has 3 rings (SSSR count). The Hall–Kier alpha value is -3.28. The Labute approximate surface area is 157 Å². The third-order valence-corrected chi connectivity index (χ3v) is 4.43. The Bertz CT molecular complexity index is 917. The molecular weight excluding hydrogens is 346 g/mol. The van der Waals surface area contributed by atoms with Crippen molar-refractivity contribution in [1.82, 2.24) is 5.32 Å². The zero-order chi connectivity index (χ0) is 19.4. The minimum Gasteiger partial charge on any atom is -0.496 e. The van der Waals surface area contributed by atoms with E-state index in [1.165, 1.54) is 13.2 Å². The number of allylic oxidation sites excluding steroid dienone is 2. The first-order valence-corrected chi connectivity index (χ1v) is 8.51. The maximum atomic E-state index is 12.7. The summed E-state index contributed by atoms with van der Waals surface area (Å²) in [6.07, 6.45) is 1.99. The zero-order valence-corrected chi connectivity index (χ0v) is 15.5. The molecular formula is C21H21NO5. The molecule has 0 aromatic heterocycles. The quantitative estimate of drug-likeness (QED) is 0.811. The summed E-state index contributed by atoms with van der Waals surface area (Å²) in [5.74, 6) is 1.27. The molecule has 0 atom stereocenters. The number of fused-ring (bicyclic) bond motifs is 1. The van der Waals surface area contributed by atoms with Gasteiger partial charge in [0.25, 0.3) is 0 Å². The first-order valence-electron chi connectivity index (χ1n) is 8.51. The maximum absolute atomic E-state index is 12.7. The van der Waals surface area contributed by atoms with Crippen molar-refractivity contribution < 1.29 is 23.8 Å². The number of carbonyl (C=O) groups excluding carboxylic acids is 2. The van der Waals surface area contributed by atoms with Gasteiger partial charge in [0.2, 0.25) is 5.78 Å². The van der Waals surface area contributed by atoms with Crippen molar-refractivity contribution in [3.8, 4) is 17.2 Å². The van der Waals surface area contributed by atoms with Gasteiger partial charge in [-0.25, -0.2) is 0 Å². The van der Waals surface area contributed by atoms with E-state index in [0.29, 0.717) is 47.0 Å². The summed E-state index contributed by atoms with van der Waals surface area (Å²) in [6, 6.07) is 10.7. The van der Waals surface area contributed by atoms with E-state index in [0.717, 1.165) is 5.56 Å². The molecule has 2 aromatic carbocycles. The van der Waals surface area contributed by atoms with Crippen molar-refractivity contribution in [2.24, 2.45) is 0 Å².